The van der Waals surface area contributed by atoms with Gasteiger partial charge in [0.1, 0.15) is 0 Å². The van der Waals surface area contributed by atoms with Crippen molar-refractivity contribution in [3.05, 3.63) is 12.4 Å². The van der Waals surface area contributed by atoms with E-state index in [0.29, 0.717) is 25.1 Å². The number of aromatic nitrogens is 2. The Kier molecular flexibility index (Phi) is 4.52. The number of nitrogens with zero attached hydrogens (tertiary/aromatic N) is 3. The molecule has 21 heavy (non-hydrogen) atoms. The molecule has 118 valence electrons. The van der Waals surface area contributed by atoms with Gasteiger partial charge >= 0.3 is 16.2 Å². The molecular formula is C12H20N4O4S. The summed E-state index contributed by atoms with van der Waals surface area (Å²) in [7, 11) is -3.75. The Labute approximate surface area is 123 Å². The van der Waals surface area contributed by atoms with Gasteiger partial charge in [0.05, 0.1) is 17.8 Å². The number of piperidine rings is 1. The predicted octanol–water partition coefficient (Wildman–Crippen LogP) is 0.917. The number of hydrogen-bond acceptors (Lipinski definition) is 4. The molecule has 2 rings (SSSR count). The molecule has 0 aliphatic carbocycles. The van der Waals surface area contributed by atoms with E-state index < -0.39 is 22.1 Å². The first kappa shape index (κ1) is 15.8. The zero-order chi connectivity index (χ0) is 15.6. The first-order chi connectivity index (χ1) is 9.79. The number of aliphatic carboxylic acids is 1. The van der Waals surface area contributed by atoms with E-state index in [9.17, 15) is 13.2 Å². The molecule has 1 aromatic rings. The van der Waals surface area contributed by atoms with E-state index in [1.807, 2.05) is 13.8 Å². The maximum Gasteiger partial charge on any atom is 0.307 e. The number of rotatable bonds is 5. The van der Waals surface area contributed by atoms with Gasteiger partial charge in [-0.05, 0) is 26.7 Å². The van der Waals surface area contributed by atoms with Crippen LogP contribution in [0.3, 0.4) is 0 Å². The highest BCUT2D eigenvalue weighted by Gasteiger charge is 2.32. The molecule has 0 spiro atoms. The highest BCUT2D eigenvalue weighted by atomic mass is 32.2. The van der Waals surface area contributed by atoms with Crippen molar-refractivity contribution in [2.24, 2.45) is 5.92 Å². The molecule has 1 aliphatic rings. The van der Waals surface area contributed by atoms with E-state index >= 15 is 0 Å². The Morgan fingerprint density at radius 1 is 1.52 bits per heavy atom. The molecule has 0 amide bonds. The minimum absolute atomic E-state index is 0.00296. The Bertz CT molecular complexity index is 611. The average molecular weight is 316 g/mol. The zero-order valence-electron chi connectivity index (χ0n) is 12.1. The number of carboxylic acid groups (broad SMARTS) is 1. The number of carbonyl (C=O) groups is 1. The summed E-state index contributed by atoms with van der Waals surface area (Å²) in [4.78, 5) is 11.0. The van der Waals surface area contributed by atoms with Crippen molar-refractivity contribution in [2.45, 2.75) is 32.7 Å². The van der Waals surface area contributed by atoms with Gasteiger partial charge in [-0.2, -0.15) is 17.8 Å². The maximum absolute atomic E-state index is 12.3. The third-order valence-electron chi connectivity index (χ3n) is 3.45. The van der Waals surface area contributed by atoms with Crippen LogP contribution < -0.4 is 4.72 Å². The van der Waals surface area contributed by atoms with Crippen LogP contribution in [0.5, 0.6) is 0 Å². The summed E-state index contributed by atoms with van der Waals surface area (Å²) < 4.78 is 29.8. The molecule has 1 fully saturated rings. The summed E-state index contributed by atoms with van der Waals surface area (Å²) in [6, 6.07) is 0.134. The molecule has 1 aromatic heterocycles. The van der Waals surface area contributed by atoms with E-state index in [0.717, 1.165) is 0 Å². The molecule has 0 saturated carbocycles. The smallest absolute Gasteiger partial charge is 0.307 e. The maximum atomic E-state index is 12.3. The van der Waals surface area contributed by atoms with Crippen LogP contribution in [0.4, 0.5) is 5.69 Å². The fraction of sp³-hybridized carbons (Fsp3) is 0.667. The molecule has 1 atom stereocenters. The van der Waals surface area contributed by atoms with Crippen LogP contribution in [-0.4, -0.2) is 46.7 Å². The standard InChI is InChI=1S/C12H20N4O4S/c1-9(2)16-8-11(6-13-16)14-21(19,20)15-5-3-4-10(7-15)12(17)18/h6,8-10,14H,3-5,7H2,1-2H3,(H,17,18). The molecule has 2 N–H and O–H groups in total. The molecule has 8 nitrogen and oxygen atoms in total. The molecule has 1 unspecified atom stereocenters. The van der Waals surface area contributed by atoms with Crippen molar-refractivity contribution in [1.29, 1.82) is 0 Å². The Hall–Kier alpha value is -1.61. The molecular weight excluding hydrogens is 296 g/mol. The number of anilines is 1. The topological polar surface area (TPSA) is 105 Å². The second-order valence-electron chi connectivity index (χ2n) is 5.45. The van der Waals surface area contributed by atoms with Crippen molar-refractivity contribution < 1.29 is 18.3 Å². The van der Waals surface area contributed by atoms with Crippen molar-refractivity contribution in [3.8, 4) is 0 Å². The molecule has 0 aromatic carbocycles. The molecule has 0 radical (unpaired) electrons. The van der Waals surface area contributed by atoms with Crippen LogP contribution in [-0.2, 0) is 15.0 Å². The van der Waals surface area contributed by atoms with Gasteiger partial charge in [0.25, 0.3) is 0 Å². The summed E-state index contributed by atoms with van der Waals surface area (Å²) in [5.74, 6) is -1.60. The zero-order valence-corrected chi connectivity index (χ0v) is 12.9. The molecule has 1 saturated heterocycles. The van der Waals surface area contributed by atoms with Gasteiger partial charge in [0.2, 0.25) is 0 Å². The molecule has 9 heteroatoms. The number of nitrogens with one attached hydrogen (secondary N) is 1. The van der Waals surface area contributed by atoms with E-state index in [1.165, 1.54) is 10.5 Å². The van der Waals surface area contributed by atoms with Gasteiger partial charge in [0.15, 0.2) is 0 Å². The van der Waals surface area contributed by atoms with Crippen LogP contribution in [0.25, 0.3) is 0 Å². The minimum atomic E-state index is -3.75. The van der Waals surface area contributed by atoms with Gasteiger partial charge in [-0.3, -0.25) is 14.2 Å². The lowest BCUT2D eigenvalue weighted by molar-refractivity contribution is -0.142. The summed E-state index contributed by atoms with van der Waals surface area (Å²) in [6.07, 6.45) is 4.10. The summed E-state index contributed by atoms with van der Waals surface area (Å²) >= 11 is 0. The van der Waals surface area contributed by atoms with Gasteiger partial charge in [-0.1, -0.05) is 0 Å². The first-order valence-electron chi connectivity index (χ1n) is 6.84. The van der Waals surface area contributed by atoms with Crippen molar-refractivity contribution in [2.75, 3.05) is 17.8 Å². The van der Waals surface area contributed by atoms with Crippen molar-refractivity contribution >= 4 is 21.9 Å². The quantitative estimate of drug-likeness (QED) is 0.840. The van der Waals surface area contributed by atoms with Crippen LogP contribution >= 0.6 is 0 Å². The van der Waals surface area contributed by atoms with E-state index in [-0.39, 0.29) is 12.6 Å². The summed E-state index contributed by atoms with van der Waals surface area (Å²) in [5, 5.41) is 13.1. The minimum Gasteiger partial charge on any atom is -0.481 e. The van der Waals surface area contributed by atoms with Crippen LogP contribution in [0.2, 0.25) is 0 Å². The van der Waals surface area contributed by atoms with Gasteiger partial charge in [0, 0.05) is 25.3 Å². The lowest BCUT2D eigenvalue weighted by Crippen LogP contribution is -2.44. The average Bonchev–Trinajstić information content (AvgIpc) is 2.87. The fourth-order valence-electron chi connectivity index (χ4n) is 2.25. The Balaban J connectivity index is 2.08. The molecule has 2 heterocycles. The summed E-state index contributed by atoms with van der Waals surface area (Å²) in [5.41, 5.74) is 0.376. The van der Waals surface area contributed by atoms with Gasteiger partial charge in [-0.25, -0.2) is 0 Å². The highest BCUT2D eigenvalue weighted by molar-refractivity contribution is 7.90. The largest absolute Gasteiger partial charge is 0.481 e. The van der Waals surface area contributed by atoms with E-state index in [1.54, 1.807) is 10.9 Å². The fourth-order valence-corrected chi connectivity index (χ4v) is 3.53. The summed E-state index contributed by atoms with van der Waals surface area (Å²) in [6.45, 7) is 4.21. The van der Waals surface area contributed by atoms with Crippen molar-refractivity contribution in [1.82, 2.24) is 14.1 Å². The SMILES string of the molecule is CC(C)n1cc(NS(=O)(=O)N2CCCC(C(=O)O)C2)cn1. The molecule has 0 bridgehead atoms. The van der Waals surface area contributed by atoms with Gasteiger partial charge < -0.3 is 5.11 Å². The van der Waals surface area contributed by atoms with Crippen LogP contribution in [0, 0.1) is 5.92 Å². The van der Waals surface area contributed by atoms with Crippen LogP contribution in [0.1, 0.15) is 32.7 Å². The highest BCUT2D eigenvalue weighted by Crippen LogP contribution is 2.21. The molecule has 1 aliphatic heterocycles. The number of carboxylic acids is 1. The predicted molar refractivity (Wildman–Crippen MR) is 77.1 cm³/mol. The van der Waals surface area contributed by atoms with Gasteiger partial charge in [-0.15, -0.1) is 0 Å². The third kappa shape index (κ3) is 3.73. The van der Waals surface area contributed by atoms with Crippen molar-refractivity contribution in [3.63, 3.8) is 0 Å². The Morgan fingerprint density at radius 3 is 2.81 bits per heavy atom. The second kappa shape index (κ2) is 6.02. The lowest BCUT2D eigenvalue weighted by atomic mass is 10.0. The second-order valence-corrected chi connectivity index (χ2v) is 7.12. The number of hydrogen-bond donors (Lipinski definition) is 2. The lowest BCUT2D eigenvalue weighted by Gasteiger charge is -2.29. The first-order valence-corrected chi connectivity index (χ1v) is 8.28. The third-order valence-corrected chi connectivity index (χ3v) is 4.96. The Morgan fingerprint density at radius 2 is 2.24 bits per heavy atom. The van der Waals surface area contributed by atoms with E-state index in [2.05, 4.69) is 9.82 Å². The normalized spacial score (nSPS) is 20.6. The monoisotopic (exact) mass is 316 g/mol. The van der Waals surface area contributed by atoms with Crippen LogP contribution in [0.15, 0.2) is 12.4 Å². The van der Waals surface area contributed by atoms with E-state index in [4.69, 9.17) is 5.11 Å².